The van der Waals surface area contributed by atoms with E-state index in [9.17, 15) is 20.2 Å². The minimum absolute atomic E-state index is 0.000617. The van der Waals surface area contributed by atoms with Crippen LogP contribution in [0.2, 0.25) is 0 Å². The number of esters is 1. The maximum absolute atomic E-state index is 13.1. The van der Waals surface area contributed by atoms with Crippen LogP contribution in [-0.4, -0.2) is 35.8 Å². The average Bonchev–Trinajstić information content (AvgIpc) is 2.82. The molecule has 0 amide bonds. The van der Waals surface area contributed by atoms with E-state index in [1.54, 1.807) is 43.5 Å². The Morgan fingerprint density at radius 2 is 1.91 bits per heavy atom. The Morgan fingerprint density at radius 3 is 2.47 bits per heavy atom. The number of hydrogen-bond acceptors (Lipinski definition) is 8. The van der Waals surface area contributed by atoms with Gasteiger partial charge in [-0.25, -0.2) is 9.78 Å². The highest BCUT2D eigenvalue weighted by atomic mass is 32.2. The van der Waals surface area contributed by atoms with E-state index < -0.39 is 10.9 Å². The van der Waals surface area contributed by atoms with Crippen LogP contribution in [-0.2, 0) is 4.74 Å². The smallest absolute Gasteiger partial charge is 0.341 e. The molecule has 9 heteroatoms. The van der Waals surface area contributed by atoms with Crippen LogP contribution in [0.5, 0.6) is 5.75 Å². The Balaban J connectivity index is 2.49. The molecule has 1 heterocycles. The number of pyridine rings is 1. The van der Waals surface area contributed by atoms with Crippen molar-refractivity contribution < 1.29 is 19.2 Å². The summed E-state index contributed by atoms with van der Waals surface area (Å²) in [6.07, 6.45) is 1.74. The van der Waals surface area contributed by atoms with Gasteiger partial charge in [-0.05, 0) is 43.5 Å². The second-order valence-electron chi connectivity index (χ2n) is 6.43. The van der Waals surface area contributed by atoms with Gasteiger partial charge in [0, 0.05) is 17.2 Å². The summed E-state index contributed by atoms with van der Waals surface area (Å²) in [6, 6.07) is 14.9. The first-order valence-electron chi connectivity index (χ1n) is 9.54. The van der Waals surface area contributed by atoms with Gasteiger partial charge < -0.3 is 9.47 Å². The molecular formula is C23H19N3O5S. The van der Waals surface area contributed by atoms with E-state index in [1.807, 2.05) is 0 Å². The van der Waals surface area contributed by atoms with Crippen molar-refractivity contribution in [3.63, 3.8) is 0 Å². The van der Waals surface area contributed by atoms with E-state index >= 15 is 0 Å². The molecule has 0 saturated heterocycles. The van der Waals surface area contributed by atoms with Gasteiger partial charge in [-0.1, -0.05) is 12.1 Å². The predicted octanol–water partition coefficient (Wildman–Crippen LogP) is 5.10. The number of thioether (sulfide) groups is 1. The van der Waals surface area contributed by atoms with Gasteiger partial charge in [0.2, 0.25) is 0 Å². The number of methoxy groups -OCH3 is 1. The number of carbonyl (C=O) groups is 1. The summed E-state index contributed by atoms with van der Waals surface area (Å²) in [5.41, 5.74) is 0.963. The number of ether oxygens (including phenoxy) is 2. The molecule has 3 rings (SSSR count). The second-order valence-corrected chi connectivity index (χ2v) is 7.22. The molecule has 0 spiro atoms. The number of aromatic nitrogens is 1. The second kappa shape index (κ2) is 9.94. The van der Waals surface area contributed by atoms with Crippen molar-refractivity contribution in [2.45, 2.75) is 11.9 Å². The highest BCUT2D eigenvalue weighted by Gasteiger charge is 2.30. The van der Waals surface area contributed by atoms with E-state index in [-0.39, 0.29) is 40.2 Å². The first-order valence-corrected chi connectivity index (χ1v) is 10.8. The fourth-order valence-electron chi connectivity index (χ4n) is 3.29. The van der Waals surface area contributed by atoms with Crippen LogP contribution in [0.3, 0.4) is 0 Å². The first-order chi connectivity index (χ1) is 15.5. The van der Waals surface area contributed by atoms with E-state index in [4.69, 9.17) is 9.47 Å². The number of nitriles is 1. The molecule has 2 aromatic carbocycles. The Bertz CT molecular complexity index is 1220. The van der Waals surface area contributed by atoms with Crippen molar-refractivity contribution >= 4 is 23.4 Å². The Kier molecular flexibility index (Phi) is 7.07. The lowest BCUT2D eigenvalue weighted by atomic mass is 9.91. The van der Waals surface area contributed by atoms with E-state index in [2.05, 4.69) is 11.1 Å². The van der Waals surface area contributed by atoms with E-state index in [1.165, 1.54) is 37.1 Å². The lowest BCUT2D eigenvalue weighted by Crippen LogP contribution is -2.13. The average molecular weight is 449 g/mol. The van der Waals surface area contributed by atoms with Crippen LogP contribution in [0.1, 0.15) is 22.8 Å². The summed E-state index contributed by atoms with van der Waals surface area (Å²) in [6.45, 7) is 1.74. The summed E-state index contributed by atoms with van der Waals surface area (Å²) in [5.74, 6) is -0.104. The molecule has 0 unspecified atom stereocenters. The van der Waals surface area contributed by atoms with Crippen molar-refractivity contribution in [1.82, 2.24) is 4.98 Å². The van der Waals surface area contributed by atoms with Crippen LogP contribution in [0.25, 0.3) is 22.4 Å². The number of para-hydroxylation sites is 1. The number of nitro groups is 1. The maximum Gasteiger partial charge on any atom is 0.341 e. The summed E-state index contributed by atoms with van der Waals surface area (Å²) in [5, 5.41) is 22.0. The third-order valence-electron chi connectivity index (χ3n) is 4.68. The minimum Gasteiger partial charge on any atom is -0.497 e. The SMILES string of the molecule is CCOC(=O)c1c(-c2ccc(OC)cc2)nc(SC)c(C#N)c1-c1ccccc1[N+](=O)[O-]. The molecule has 0 aliphatic rings. The fourth-order valence-corrected chi connectivity index (χ4v) is 3.82. The quantitative estimate of drug-likeness (QED) is 0.212. The number of carbonyl (C=O) groups excluding carboxylic acids is 1. The molecule has 162 valence electrons. The minimum atomic E-state index is -0.719. The van der Waals surface area contributed by atoms with Crippen LogP contribution in [0.4, 0.5) is 5.69 Å². The van der Waals surface area contributed by atoms with Gasteiger partial charge in [0.1, 0.15) is 16.8 Å². The highest BCUT2D eigenvalue weighted by molar-refractivity contribution is 7.98. The lowest BCUT2D eigenvalue weighted by Gasteiger charge is -2.17. The Labute approximate surface area is 189 Å². The first kappa shape index (κ1) is 22.8. The molecule has 1 aromatic heterocycles. The zero-order chi connectivity index (χ0) is 23.3. The largest absolute Gasteiger partial charge is 0.497 e. The zero-order valence-corrected chi connectivity index (χ0v) is 18.4. The normalized spacial score (nSPS) is 10.3. The monoisotopic (exact) mass is 449 g/mol. The zero-order valence-electron chi connectivity index (χ0n) is 17.6. The molecule has 3 aromatic rings. The number of nitro benzene ring substituents is 1. The molecular weight excluding hydrogens is 430 g/mol. The summed E-state index contributed by atoms with van der Waals surface area (Å²) >= 11 is 1.21. The predicted molar refractivity (Wildman–Crippen MR) is 121 cm³/mol. The maximum atomic E-state index is 13.1. The van der Waals surface area contributed by atoms with Crippen molar-refractivity contribution in [2.24, 2.45) is 0 Å². The number of benzene rings is 2. The van der Waals surface area contributed by atoms with Crippen molar-refractivity contribution in [3.8, 4) is 34.2 Å². The molecule has 0 bridgehead atoms. The molecule has 32 heavy (non-hydrogen) atoms. The highest BCUT2D eigenvalue weighted by Crippen LogP contribution is 2.41. The summed E-state index contributed by atoms with van der Waals surface area (Å²) in [7, 11) is 1.54. The van der Waals surface area contributed by atoms with E-state index in [0.29, 0.717) is 16.3 Å². The van der Waals surface area contributed by atoms with Crippen LogP contribution in [0, 0.1) is 21.4 Å². The molecule has 0 fully saturated rings. The fraction of sp³-hybridized carbons (Fsp3) is 0.174. The topological polar surface area (TPSA) is 115 Å². The third-order valence-corrected chi connectivity index (χ3v) is 5.36. The van der Waals surface area contributed by atoms with Gasteiger partial charge in [-0.15, -0.1) is 11.8 Å². The molecule has 8 nitrogen and oxygen atoms in total. The van der Waals surface area contributed by atoms with Gasteiger partial charge >= 0.3 is 5.97 Å². The molecule has 0 aliphatic carbocycles. The van der Waals surface area contributed by atoms with Gasteiger partial charge in [0.25, 0.3) is 5.69 Å². The van der Waals surface area contributed by atoms with Crippen molar-refractivity contribution in [2.75, 3.05) is 20.0 Å². The van der Waals surface area contributed by atoms with Crippen LogP contribution in [0.15, 0.2) is 53.6 Å². The van der Waals surface area contributed by atoms with Gasteiger partial charge in [0.05, 0.1) is 41.0 Å². The lowest BCUT2D eigenvalue weighted by molar-refractivity contribution is -0.384. The Hall–Kier alpha value is -3.90. The standard InChI is InChI=1S/C23H19N3O5S/c1-4-31-23(27)20-19(16-7-5-6-8-18(16)26(28)29)17(13-24)22(32-3)25-21(20)14-9-11-15(30-2)12-10-14/h5-12H,4H2,1-3H3. The van der Waals surface area contributed by atoms with Crippen LogP contribution >= 0.6 is 11.8 Å². The van der Waals surface area contributed by atoms with Crippen LogP contribution < -0.4 is 4.74 Å². The van der Waals surface area contributed by atoms with E-state index in [0.717, 1.165) is 0 Å². The molecule has 0 N–H and O–H groups in total. The molecule has 0 atom stereocenters. The van der Waals surface area contributed by atoms with Crippen molar-refractivity contribution in [3.05, 3.63) is 69.8 Å². The molecule has 0 saturated carbocycles. The molecule has 0 radical (unpaired) electrons. The van der Waals surface area contributed by atoms with Gasteiger partial charge in [0.15, 0.2) is 0 Å². The van der Waals surface area contributed by atoms with Crippen molar-refractivity contribution in [1.29, 1.82) is 5.26 Å². The Morgan fingerprint density at radius 1 is 1.22 bits per heavy atom. The molecule has 0 aliphatic heterocycles. The number of rotatable bonds is 7. The van der Waals surface area contributed by atoms with Gasteiger partial charge in [-0.3, -0.25) is 10.1 Å². The summed E-state index contributed by atoms with van der Waals surface area (Å²) < 4.78 is 10.5. The van der Waals surface area contributed by atoms with Gasteiger partial charge in [-0.2, -0.15) is 5.26 Å². The number of hydrogen-bond donors (Lipinski definition) is 0. The number of nitrogens with zero attached hydrogens (tertiary/aromatic N) is 3. The summed E-state index contributed by atoms with van der Waals surface area (Å²) in [4.78, 5) is 28.9. The third kappa shape index (κ3) is 4.26.